The summed E-state index contributed by atoms with van der Waals surface area (Å²) in [6, 6.07) is 2.82. The third-order valence-corrected chi connectivity index (χ3v) is 11.2. The molecule has 3 N–H and O–H groups in total. The molecule has 5 atom stereocenters. The summed E-state index contributed by atoms with van der Waals surface area (Å²) in [7, 11) is -2.40. The number of carbonyl (C=O) groups is 4. The van der Waals surface area contributed by atoms with E-state index < -0.39 is 79.7 Å². The van der Waals surface area contributed by atoms with Crippen LogP contribution in [0.2, 0.25) is 5.02 Å². The van der Waals surface area contributed by atoms with Crippen molar-refractivity contribution in [2.24, 2.45) is 11.3 Å². The van der Waals surface area contributed by atoms with Gasteiger partial charge in [-0.05, 0) is 63.6 Å². The molecule has 3 fully saturated rings. The highest BCUT2D eigenvalue weighted by Gasteiger charge is 2.62. The molecule has 0 radical (unpaired) electrons. The highest BCUT2D eigenvalue weighted by atomic mass is 35.5. The lowest BCUT2D eigenvalue weighted by atomic mass is 9.92. The minimum absolute atomic E-state index is 0.0204. The molecule has 2 saturated carbocycles. The fourth-order valence-electron chi connectivity index (χ4n) is 6.21. The van der Waals surface area contributed by atoms with Gasteiger partial charge in [0, 0.05) is 28.1 Å². The van der Waals surface area contributed by atoms with Crippen LogP contribution < -0.4 is 24.8 Å². The first-order chi connectivity index (χ1) is 23.7. The van der Waals surface area contributed by atoms with E-state index >= 15 is 0 Å². The van der Waals surface area contributed by atoms with Crippen molar-refractivity contribution in [2.45, 2.75) is 102 Å². The minimum atomic E-state index is -3.91. The van der Waals surface area contributed by atoms with E-state index in [9.17, 15) is 27.6 Å². The van der Waals surface area contributed by atoms with Gasteiger partial charge in [0.05, 0.1) is 25.1 Å². The van der Waals surface area contributed by atoms with Crippen molar-refractivity contribution < 1.29 is 41.8 Å². The standard InChI is InChI=1S/C35H46ClN5O9S/c1-9-19-16-35(19,31(44)40-51(46,47)22-11-12-22)39-28(42)25-15-21(49-29-24-14-20(36)10-13-23(24)26(48-8)17-37-29)18-41(25)30(43)27(33(2,3)4)38-32(45)50-34(5,6)7/h9-10,13-14,17,19,21-22,25,27H,1,11-12,15-16,18H2,2-8H3,(H,38,45)(H,39,42)(H,40,44)/t19-,21-,25+,27-,35-/m1/s1/i30+2. The van der Waals surface area contributed by atoms with E-state index in [4.69, 9.17) is 25.8 Å². The third kappa shape index (κ3) is 8.35. The Morgan fingerprint density at radius 2 is 1.84 bits per heavy atom. The molecule has 2 aromatic rings. The number of alkyl carbamates (subject to hydrolysis) is 1. The van der Waals surface area contributed by atoms with Crippen LogP contribution in [-0.2, 0) is 29.1 Å². The predicted octanol–water partition coefficient (Wildman–Crippen LogP) is 3.85. The van der Waals surface area contributed by atoms with Crippen LogP contribution in [0.25, 0.3) is 10.8 Å². The number of nitrogens with zero attached hydrogens (tertiary/aromatic N) is 2. The Kier molecular flexibility index (Phi) is 10.3. The molecule has 2 aliphatic carbocycles. The van der Waals surface area contributed by atoms with Crippen molar-refractivity contribution in [3.8, 4) is 11.6 Å². The summed E-state index contributed by atoms with van der Waals surface area (Å²) >= 11 is 6.32. The van der Waals surface area contributed by atoms with Crippen LogP contribution in [0.4, 0.5) is 4.79 Å². The molecule has 278 valence electrons. The summed E-state index contributed by atoms with van der Waals surface area (Å²) in [6.07, 6.45) is 2.40. The monoisotopic (exact) mass is 749 g/mol. The van der Waals surface area contributed by atoms with E-state index in [1.165, 1.54) is 24.3 Å². The van der Waals surface area contributed by atoms with Gasteiger partial charge >= 0.3 is 6.09 Å². The van der Waals surface area contributed by atoms with Gasteiger partial charge in [-0.25, -0.2) is 18.2 Å². The number of pyridine rings is 1. The van der Waals surface area contributed by atoms with E-state index in [0.717, 1.165) is 0 Å². The maximum absolute atomic E-state index is 14.4. The quantitative estimate of drug-likeness (QED) is 0.286. The Morgan fingerprint density at radius 1 is 1.16 bits per heavy atom. The molecule has 2 heterocycles. The second-order valence-corrected chi connectivity index (χ2v) is 17.8. The Labute approximate surface area is 303 Å². The number of hydrogen-bond acceptors (Lipinski definition) is 10. The van der Waals surface area contributed by atoms with Gasteiger partial charge in [0.2, 0.25) is 27.7 Å². The van der Waals surface area contributed by atoms with Crippen LogP contribution in [0.3, 0.4) is 0 Å². The fraction of sp³-hybridized carbons (Fsp3) is 0.571. The Morgan fingerprint density at radius 3 is 2.41 bits per heavy atom. The first-order valence-electron chi connectivity index (χ1n) is 16.8. The molecule has 1 aromatic carbocycles. The van der Waals surface area contributed by atoms with Crippen LogP contribution >= 0.6 is 11.6 Å². The van der Waals surface area contributed by atoms with Crippen LogP contribution in [0.5, 0.6) is 11.6 Å². The van der Waals surface area contributed by atoms with Crippen LogP contribution in [0.15, 0.2) is 37.1 Å². The molecule has 1 aliphatic heterocycles. The van der Waals surface area contributed by atoms with Crippen molar-refractivity contribution in [1.29, 1.82) is 0 Å². The fourth-order valence-corrected chi connectivity index (χ4v) is 7.75. The molecule has 0 spiro atoms. The molecular weight excluding hydrogens is 704 g/mol. The minimum Gasteiger partial charge on any atom is -0.494 e. The third-order valence-electron chi connectivity index (χ3n) is 9.15. The molecule has 14 nitrogen and oxygen atoms in total. The van der Waals surface area contributed by atoms with Gasteiger partial charge in [-0.15, -0.1) is 6.58 Å². The van der Waals surface area contributed by atoms with Crippen molar-refractivity contribution >= 4 is 56.2 Å². The number of fused-ring (bicyclic) bond motifs is 1. The van der Waals surface area contributed by atoms with Crippen LogP contribution in [0, 0.1) is 11.3 Å². The second kappa shape index (κ2) is 13.8. The molecule has 1 saturated heterocycles. The van der Waals surface area contributed by atoms with E-state index in [1.54, 1.807) is 59.7 Å². The Balaban J connectivity index is 1.46. The lowest BCUT2D eigenvalue weighted by Crippen LogP contribution is -2.60. The summed E-state index contributed by atoms with van der Waals surface area (Å²) in [5.41, 5.74) is -3.24. The van der Waals surface area contributed by atoms with E-state index in [1.807, 2.05) is 0 Å². The first-order valence-corrected chi connectivity index (χ1v) is 18.7. The summed E-state index contributed by atoms with van der Waals surface area (Å²) < 4.78 is 44.7. The molecular formula is C35H46ClN5O9S. The maximum Gasteiger partial charge on any atom is 0.408 e. The number of halogens is 1. The molecule has 0 bridgehead atoms. The number of amides is 4. The number of likely N-dealkylation sites (tertiary alicyclic amines) is 1. The van der Waals surface area contributed by atoms with Gasteiger partial charge in [0.25, 0.3) is 5.91 Å². The number of carbonyl (C=O) groups excluding carboxylic acids is 4. The van der Waals surface area contributed by atoms with Crippen molar-refractivity contribution in [3.05, 3.63) is 42.1 Å². The highest BCUT2D eigenvalue weighted by Crippen LogP contribution is 2.45. The number of methoxy groups -OCH3 is 1. The lowest BCUT2D eigenvalue weighted by molar-refractivity contribution is -0.143. The second-order valence-electron chi connectivity index (χ2n) is 15.4. The molecule has 3 aliphatic rings. The van der Waals surface area contributed by atoms with Gasteiger partial charge in [0.1, 0.15) is 35.1 Å². The van der Waals surface area contributed by atoms with Crippen molar-refractivity contribution in [1.82, 2.24) is 25.2 Å². The van der Waals surface area contributed by atoms with Gasteiger partial charge in [-0.3, -0.25) is 19.1 Å². The van der Waals surface area contributed by atoms with Gasteiger partial charge in [0.15, 0.2) is 0 Å². The number of ether oxygens (including phenoxy) is 3. The van der Waals surface area contributed by atoms with Gasteiger partial charge in [-0.2, -0.15) is 0 Å². The molecule has 16 heteroatoms. The smallest absolute Gasteiger partial charge is 0.408 e. The number of aromatic nitrogens is 1. The zero-order chi connectivity index (χ0) is 37.7. The number of sulfonamides is 1. The Bertz CT molecular complexity index is 1850. The number of benzene rings is 1. The van der Waals surface area contributed by atoms with Gasteiger partial charge < -0.3 is 29.7 Å². The molecule has 4 amide bonds. The first kappa shape index (κ1) is 38.1. The molecule has 0 unspecified atom stereocenters. The SMILES string of the molecule is C=C[C@@H]1C[C@]1(NC(=O)[C@@H]1C[C@@H](Oc2ncc(OC)c3ccc(Cl)cc23)CN1[14C](=O)[C@@H](NC(=O)OC(C)(C)C)C(C)(C)C)C(=O)NS(=O)(=O)C1CC1. The van der Waals surface area contributed by atoms with E-state index in [2.05, 4.69) is 26.9 Å². The average molecular weight is 750 g/mol. The van der Waals surface area contributed by atoms with Crippen molar-refractivity contribution in [3.63, 3.8) is 0 Å². The number of nitrogens with one attached hydrogen (secondary N) is 3. The average Bonchev–Trinajstić information content (AvgIpc) is 3.95. The molecule has 5 rings (SSSR count). The van der Waals surface area contributed by atoms with Crippen LogP contribution in [0.1, 0.15) is 67.2 Å². The summed E-state index contributed by atoms with van der Waals surface area (Å²) in [5, 5.41) is 6.45. The highest BCUT2D eigenvalue weighted by molar-refractivity contribution is 7.91. The topological polar surface area (TPSA) is 182 Å². The molecule has 1 aromatic heterocycles. The number of rotatable bonds is 11. The largest absolute Gasteiger partial charge is 0.494 e. The van der Waals surface area contributed by atoms with Gasteiger partial charge in [-0.1, -0.05) is 38.4 Å². The van der Waals surface area contributed by atoms with E-state index in [-0.39, 0.29) is 25.3 Å². The summed E-state index contributed by atoms with van der Waals surface area (Å²) in [6.45, 7) is 14.1. The van der Waals surface area contributed by atoms with E-state index in [0.29, 0.717) is 34.4 Å². The van der Waals surface area contributed by atoms with Crippen molar-refractivity contribution in [2.75, 3.05) is 13.7 Å². The summed E-state index contributed by atoms with van der Waals surface area (Å²) in [4.78, 5) is 60.8. The zero-order valence-electron chi connectivity index (χ0n) is 29.9. The maximum atomic E-state index is 14.4. The molecule has 51 heavy (non-hydrogen) atoms. The zero-order valence-corrected chi connectivity index (χ0v) is 31.4. The summed E-state index contributed by atoms with van der Waals surface area (Å²) in [5.74, 6) is -1.99. The normalized spacial score (nSPS) is 23.9. The Hall–Kier alpha value is -4.11. The predicted molar refractivity (Wildman–Crippen MR) is 190 cm³/mol. The lowest BCUT2D eigenvalue weighted by Gasteiger charge is -2.36. The number of hydrogen-bond donors (Lipinski definition) is 3. The van der Waals surface area contributed by atoms with Crippen LogP contribution in [-0.4, -0.2) is 90.3 Å².